The molecule has 0 aromatic heterocycles. The van der Waals surface area contributed by atoms with Gasteiger partial charge in [0.2, 0.25) is 0 Å². The van der Waals surface area contributed by atoms with Crippen molar-refractivity contribution in [1.82, 2.24) is 0 Å². The second-order valence-electron chi connectivity index (χ2n) is 11.8. The lowest BCUT2D eigenvalue weighted by Crippen LogP contribution is -2.25. The summed E-state index contributed by atoms with van der Waals surface area (Å²) in [5, 5.41) is 8.99. The van der Waals surface area contributed by atoms with E-state index in [-0.39, 0.29) is 25.8 Å². The van der Waals surface area contributed by atoms with Crippen LogP contribution in [-0.2, 0) is 22.6 Å². The summed E-state index contributed by atoms with van der Waals surface area (Å²) in [5.74, 6) is 4.08. The summed E-state index contributed by atoms with van der Waals surface area (Å²) in [6.45, 7) is 8.29. The summed E-state index contributed by atoms with van der Waals surface area (Å²) < 4.78 is 11.1. The Morgan fingerprint density at radius 2 is 1.61 bits per heavy atom. The van der Waals surface area contributed by atoms with E-state index in [1.807, 2.05) is 24.3 Å². The van der Waals surface area contributed by atoms with Crippen LogP contribution in [0.25, 0.3) is 11.1 Å². The third-order valence-electron chi connectivity index (χ3n) is 8.86. The van der Waals surface area contributed by atoms with E-state index in [2.05, 4.69) is 31.7 Å². The van der Waals surface area contributed by atoms with E-state index < -0.39 is 0 Å². The van der Waals surface area contributed by atoms with E-state index in [1.165, 1.54) is 63.4 Å². The van der Waals surface area contributed by atoms with Gasteiger partial charge in [-0.3, -0.25) is 0 Å². The number of rotatable bonds is 11. The Morgan fingerprint density at radius 1 is 0.947 bits per heavy atom. The smallest absolute Gasteiger partial charge is 0.333 e. The molecular formula is C34H46O4. The Labute approximate surface area is 229 Å². The highest BCUT2D eigenvalue weighted by Gasteiger charge is 2.29. The first-order chi connectivity index (χ1) is 18.4. The molecule has 4 rings (SSSR count). The van der Waals surface area contributed by atoms with E-state index in [1.54, 1.807) is 6.92 Å². The van der Waals surface area contributed by atoms with Crippen molar-refractivity contribution >= 4 is 5.97 Å². The number of carbonyl (C=O) groups excluding carboxylic acids is 1. The molecule has 0 bridgehead atoms. The number of hydrogen-bond acceptors (Lipinski definition) is 4. The highest BCUT2D eigenvalue weighted by atomic mass is 16.5. The first-order valence-corrected chi connectivity index (χ1v) is 14.7. The number of esters is 1. The maximum absolute atomic E-state index is 12.1. The third kappa shape index (κ3) is 7.96. The van der Waals surface area contributed by atoms with Crippen molar-refractivity contribution in [1.29, 1.82) is 0 Å². The second kappa shape index (κ2) is 14.0. The van der Waals surface area contributed by atoms with Gasteiger partial charge in [0.05, 0.1) is 6.61 Å². The van der Waals surface area contributed by atoms with Gasteiger partial charge < -0.3 is 14.6 Å². The first-order valence-electron chi connectivity index (χ1n) is 14.7. The monoisotopic (exact) mass is 518 g/mol. The molecule has 0 heterocycles. The van der Waals surface area contributed by atoms with Gasteiger partial charge in [-0.1, -0.05) is 69.5 Å². The largest absolute Gasteiger partial charge is 0.491 e. The molecule has 0 amide bonds. The fraction of sp³-hybridized carbons (Fsp3) is 0.559. The number of aliphatic hydroxyl groups is 1. The highest BCUT2D eigenvalue weighted by Crippen LogP contribution is 2.42. The number of ether oxygens (including phenoxy) is 2. The lowest BCUT2D eigenvalue weighted by Gasteiger charge is -2.37. The summed E-state index contributed by atoms with van der Waals surface area (Å²) in [7, 11) is 0. The van der Waals surface area contributed by atoms with Crippen LogP contribution >= 0.6 is 0 Å². The molecule has 0 radical (unpaired) electrons. The predicted molar refractivity (Wildman–Crippen MR) is 154 cm³/mol. The predicted octanol–water partition coefficient (Wildman–Crippen LogP) is 7.91. The van der Waals surface area contributed by atoms with Gasteiger partial charge in [0.25, 0.3) is 0 Å². The summed E-state index contributed by atoms with van der Waals surface area (Å²) in [6.07, 6.45) is 13.7. The molecule has 4 nitrogen and oxygen atoms in total. The first kappa shape index (κ1) is 28.4. The highest BCUT2D eigenvalue weighted by molar-refractivity contribution is 5.87. The maximum Gasteiger partial charge on any atom is 0.333 e. The third-order valence-corrected chi connectivity index (χ3v) is 8.86. The summed E-state index contributed by atoms with van der Waals surface area (Å²) in [6, 6.07) is 14.4. The Kier molecular flexibility index (Phi) is 10.5. The van der Waals surface area contributed by atoms with Crippen LogP contribution in [0.2, 0.25) is 0 Å². The van der Waals surface area contributed by atoms with Crippen LogP contribution in [0.4, 0.5) is 0 Å². The van der Waals surface area contributed by atoms with Crippen molar-refractivity contribution in [3.8, 4) is 16.9 Å². The fourth-order valence-electron chi connectivity index (χ4n) is 6.44. The number of benzene rings is 2. The molecule has 206 valence electrons. The van der Waals surface area contributed by atoms with E-state index in [0.29, 0.717) is 5.57 Å². The minimum Gasteiger partial charge on any atom is -0.491 e. The SMILES string of the molecule is C=C(C)C(=O)OCc1cc(CCC2CCC(C3CCC(C)CC3)CC2)ccc1-c1ccc(OCCO)cc1. The maximum atomic E-state index is 12.1. The topological polar surface area (TPSA) is 55.8 Å². The number of carbonyl (C=O) groups is 1. The molecule has 2 aromatic rings. The molecule has 2 aliphatic rings. The van der Waals surface area contributed by atoms with Gasteiger partial charge in [-0.05, 0) is 104 Å². The lowest BCUT2D eigenvalue weighted by molar-refractivity contribution is -0.140. The molecule has 1 N–H and O–H groups in total. The van der Waals surface area contributed by atoms with Gasteiger partial charge in [0.1, 0.15) is 19.0 Å². The standard InChI is InChI=1S/C34H46O4/c1-24(2)34(36)38-23-31-22-27(10-19-33(31)30-15-17-32(18-16-30)37-21-20-35)7-6-26-8-13-29(14-9-26)28-11-4-25(3)5-12-28/h10,15-19,22,25-26,28-29,35H,1,4-9,11-14,20-21,23H2,2-3H3. The van der Waals surface area contributed by atoms with Crippen LogP contribution in [0.5, 0.6) is 5.75 Å². The van der Waals surface area contributed by atoms with Gasteiger partial charge in [0.15, 0.2) is 0 Å². The van der Waals surface area contributed by atoms with Gasteiger partial charge in [-0.2, -0.15) is 0 Å². The minimum absolute atomic E-state index is 0.0112. The molecular weight excluding hydrogens is 472 g/mol. The Bertz CT molecular complexity index is 1040. The molecule has 38 heavy (non-hydrogen) atoms. The summed E-state index contributed by atoms with van der Waals surface area (Å²) >= 11 is 0. The van der Waals surface area contributed by atoms with Gasteiger partial charge in [0, 0.05) is 5.57 Å². The molecule has 0 aliphatic heterocycles. The number of aryl methyl sites for hydroxylation is 1. The van der Waals surface area contributed by atoms with Crippen molar-refractivity contribution in [3.63, 3.8) is 0 Å². The average Bonchev–Trinajstić information content (AvgIpc) is 2.94. The van der Waals surface area contributed by atoms with Crippen LogP contribution in [-0.4, -0.2) is 24.3 Å². The molecule has 0 saturated heterocycles. The van der Waals surface area contributed by atoms with Crippen LogP contribution in [0.3, 0.4) is 0 Å². The Hall–Kier alpha value is -2.59. The van der Waals surface area contributed by atoms with E-state index in [0.717, 1.165) is 52.5 Å². The van der Waals surface area contributed by atoms with Gasteiger partial charge in [-0.25, -0.2) is 4.79 Å². The van der Waals surface area contributed by atoms with E-state index in [4.69, 9.17) is 14.6 Å². The van der Waals surface area contributed by atoms with E-state index in [9.17, 15) is 4.79 Å². The zero-order valence-corrected chi connectivity index (χ0v) is 23.4. The molecule has 4 heteroatoms. The summed E-state index contributed by atoms with van der Waals surface area (Å²) in [5.41, 5.74) is 4.83. The van der Waals surface area contributed by atoms with Gasteiger partial charge >= 0.3 is 5.97 Å². The minimum atomic E-state index is -0.363. The average molecular weight is 519 g/mol. The molecule has 2 aliphatic carbocycles. The van der Waals surface area contributed by atoms with Crippen molar-refractivity contribution in [2.75, 3.05) is 13.2 Å². The molecule has 0 atom stereocenters. The van der Waals surface area contributed by atoms with Crippen LogP contribution in [0, 0.1) is 23.7 Å². The number of aliphatic hydroxyl groups excluding tert-OH is 1. The Morgan fingerprint density at radius 3 is 2.24 bits per heavy atom. The Balaban J connectivity index is 1.38. The van der Waals surface area contributed by atoms with Crippen LogP contribution < -0.4 is 4.74 Å². The molecule has 2 fully saturated rings. The molecule has 0 spiro atoms. The van der Waals surface area contributed by atoms with Crippen molar-refractivity contribution < 1.29 is 19.4 Å². The molecule has 2 saturated carbocycles. The molecule has 2 aromatic carbocycles. The van der Waals surface area contributed by atoms with Crippen molar-refractivity contribution in [2.24, 2.45) is 23.7 Å². The quantitative estimate of drug-likeness (QED) is 0.243. The zero-order valence-electron chi connectivity index (χ0n) is 23.4. The van der Waals surface area contributed by atoms with Crippen LogP contribution in [0.1, 0.15) is 82.8 Å². The summed E-state index contributed by atoms with van der Waals surface area (Å²) in [4.78, 5) is 12.1. The fourth-order valence-corrected chi connectivity index (χ4v) is 6.44. The normalized spacial score (nSPS) is 23.6. The van der Waals surface area contributed by atoms with Crippen molar-refractivity contribution in [3.05, 3.63) is 65.7 Å². The second-order valence-corrected chi connectivity index (χ2v) is 11.8. The van der Waals surface area contributed by atoms with Crippen LogP contribution in [0.15, 0.2) is 54.6 Å². The zero-order chi connectivity index (χ0) is 26.9. The lowest BCUT2D eigenvalue weighted by atomic mass is 9.69. The van der Waals surface area contributed by atoms with E-state index >= 15 is 0 Å². The number of hydrogen-bond donors (Lipinski definition) is 1. The van der Waals surface area contributed by atoms with Crippen molar-refractivity contribution in [2.45, 2.75) is 84.7 Å². The molecule has 0 unspecified atom stereocenters. The van der Waals surface area contributed by atoms with Gasteiger partial charge in [-0.15, -0.1) is 0 Å².